The van der Waals surface area contributed by atoms with Gasteiger partial charge in [0.1, 0.15) is 0 Å². The van der Waals surface area contributed by atoms with Gasteiger partial charge < -0.3 is 9.64 Å². The summed E-state index contributed by atoms with van der Waals surface area (Å²) in [5.74, 6) is -0.323. The monoisotopic (exact) mass is 211 g/mol. The number of carbonyl (C=O) groups excluding carboxylic acids is 2. The zero-order chi connectivity index (χ0) is 11.1. The van der Waals surface area contributed by atoms with Gasteiger partial charge in [-0.2, -0.15) is 0 Å². The summed E-state index contributed by atoms with van der Waals surface area (Å²) in [4.78, 5) is 24.1. The van der Waals surface area contributed by atoms with Crippen LogP contribution in [0.2, 0.25) is 0 Å². The fourth-order valence-corrected chi connectivity index (χ4v) is 1.56. The standard InChI is InChI=1S/C11H17NO3/c1-15-11(14)7-5-6-10(13)12-8-3-2-4-9-12/h5-6H,2-4,7-9H2,1H3/b6-5+. The lowest BCUT2D eigenvalue weighted by Crippen LogP contribution is -2.34. The maximum absolute atomic E-state index is 11.6. The molecule has 0 unspecified atom stereocenters. The van der Waals surface area contributed by atoms with E-state index in [0.29, 0.717) is 0 Å². The molecule has 1 rings (SSSR count). The molecule has 1 aliphatic heterocycles. The number of piperidine rings is 1. The normalized spacial score (nSPS) is 16.7. The van der Waals surface area contributed by atoms with Crippen LogP contribution in [0, 0.1) is 0 Å². The van der Waals surface area contributed by atoms with Crippen molar-refractivity contribution in [1.82, 2.24) is 4.90 Å². The van der Waals surface area contributed by atoms with E-state index in [1.165, 1.54) is 19.6 Å². The van der Waals surface area contributed by atoms with Gasteiger partial charge in [-0.3, -0.25) is 9.59 Å². The highest BCUT2D eigenvalue weighted by molar-refractivity contribution is 5.88. The summed E-state index contributed by atoms with van der Waals surface area (Å²) < 4.78 is 4.46. The Hall–Kier alpha value is -1.32. The zero-order valence-corrected chi connectivity index (χ0v) is 9.07. The van der Waals surface area contributed by atoms with Gasteiger partial charge in [0.2, 0.25) is 5.91 Å². The zero-order valence-electron chi connectivity index (χ0n) is 9.07. The van der Waals surface area contributed by atoms with E-state index in [1.54, 1.807) is 6.08 Å². The van der Waals surface area contributed by atoms with Gasteiger partial charge in [-0.05, 0) is 25.3 Å². The molecule has 1 amide bonds. The predicted molar refractivity (Wildman–Crippen MR) is 56.2 cm³/mol. The van der Waals surface area contributed by atoms with E-state index in [2.05, 4.69) is 4.74 Å². The van der Waals surface area contributed by atoms with Crippen LogP contribution in [-0.2, 0) is 14.3 Å². The van der Waals surface area contributed by atoms with Crippen LogP contribution in [0.25, 0.3) is 0 Å². The second-order valence-corrected chi connectivity index (χ2v) is 3.57. The summed E-state index contributed by atoms with van der Waals surface area (Å²) in [6, 6.07) is 0. The minimum Gasteiger partial charge on any atom is -0.469 e. The van der Waals surface area contributed by atoms with Crippen LogP contribution in [0.4, 0.5) is 0 Å². The molecule has 0 bridgehead atoms. The van der Waals surface area contributed by atoms with E-state index < -0.39 is 0 Å². The van der Waals surface area contributed by atoms with Crippen LogP contribution in [0.15, 0.2) is 12.2 Å². The largest absolute Gasteiger partial charge is 0.469 e. The van der Waals surface area contributed by atoms with E-state index in [4.69, 9.17) is 0 Å². The maximum Gasteiger partial charge on any atom is 0.309 e. The Labute approximate surface area is 89.9 Å². The fourth-order valence-electron chi connectivity index (χ4n) is 1.56. The van der Waals surface area contributed by atoms with Gasteiger partial charge in [-0.1, -0.05) is 6.08 Å². The van der Waals surface area contributed by atoms with Crippen molar-refractivity contribution in [3.8, 4) is 0 Å². The molecule has 4 nitrogen and oxygen atoms in total. The number of likely N-dealkylation sites (tertiary alicyclic amines) is 1. The number of hydrogen-bond donors (Lipinski definition) is 0. The number of carbonyl (C=O) groups is 2. The summed E-state index contributed by atoms with van der Waals surface area (Å²) in [6.07, 6.45) is 6.55. The number of methoxy groups -OCH3 is 1. The topological polar surface area (TPSA) is 46.6 Å². The minimum atomic E-state index is -0.322. The highest BCUT2D eigenvalue weighted by Gasteiger charge is 2.13. The molecule has 4 heteroatoms. The second-order valence-electron chi connectivity index (χ2n) is 3.57. The van der Waals surface area contributed by atoms with Gasteiger partial charge in [0.25, 0.3) is 0 Å². The third-order valence-electron chi connectivity index (χ3n) is 2.44. The number of nitrogens with zero attached hydrogens (tertiary/aromatic N) is 1. The first-order valence-corrected chi connectivity index (χ1v) is 5.26. The lowest BCUT2D eigenvalue weighted by molar-refractivity contribution is -0.139. The second kappa shape index (κ2) is 6.22. The SMILES string of the molecule is COC(=O)C/C=C/C(=O)N1CCCCC1. The molecular weight excluding hydrogens is 194 g/mol. The van der Waals surface area contributed by atoms with Crippen LogP contribution < -0.4 is 0 Å². The molecule has 1 saturated heterocycles. The molecule has 0 atom stereocenters. The first-order chi connectivity index (χ1) is 7.24. The van der Waals surface area contributed by atoms with Gasteiger partial charge in [-0.25, -0.2) is 0 Å². The maximum atomic E-state index is 11.6. The molecule has 0 radical (unpaired) electrons. The van der Waals surface area contributed by atoms with Crippen LogP contribution >= 0.6 is 0 Å². The first kappa shape index (κ1) is 11.8. The Morgan fingerprint density at radius 2 is 1.93 bits per heavy atom. The van der Waals surface area contributed by atoms with E-state index in [1.807, 2.05) is 4.90 Å². The number of rotatable bonds is 3. The number of amides is 1. The van der Waals surface area contributed by atoms with Crippen molar-refractivity contribution in [3.05, 3.63) is 12.2 Å². The van der Waals surface area contributed by atoms with Crippen molar-refractivity contribution in [1.29, 1.82) is 0 Å². The molecule has 0 aliphatic carbocycles. The van der Waals surface area contributed by atoms with Gasteiger partial charge in [0.05, 0.1) is 13.5 Å². The fraction of sp³-hybridized carbons (Fsp3) is 0.636. The van der Waals surface area contributed by atoms with Crippen molar-refractivity contribution >= 4 is 11.9 Å². The van der Waals surface area contributed by atoms with Crippen molar-refractivity contribution in [2.75, 3.05) is 20.2 Å². The van der Waals surface area contributed by atoms with Crippen molar-refractivity contribution in [2.24, 2.45) is 0 Å². The Kier molecular flexibility index (Phi) is 4.87. The van der Waals surface area contributed by atoms with Crippen LogP contribution in [0.3, 0.4) is 0 Å². The molecule has 0 aromatic heterocycles. The third kappa shape index (κ3) is 4.14. The number of ether oxygens (including phenoxy) is 1. The number of hydrogen-bond acceptors (Lipinski definition) is 3. The van der Waals surface area contributed by atoms with E-state index in [9.17, 15) is 9.59 Å². The average molecular weight is 211 g/mol. The average Bonchev–Trinajstić information content (AvgIpc) is 2.29. The molecule has 0 N–H and O–H groups in total. The summed E-state index contributed by atoms with van der Waals surface area (Å²) in [6.45, 7) is 1.67. The summed E-state index contributed by atoms with van der Waals surface area (Å²) in [7, 11) is 1.34. The summed E-state index contributed by atoms with van der Waals surface area (Å²) >= 11 is 0. The van der Waals surface area contributed by atoms with Gasteiger partial charge >= 0.3 is 5.97 Å². The summed E-state index contributed by atoms with van der Waals surface area (Å²) in [5, 5.41) is 0. The van der Waals surface area contributed by atoms with E-state index in [0.717, 1.165) is 25.9 Å². The Morgan fingerprint density at radius 3 is 2.53 bits per heavy atom. The molecule has 0 spiro atoms. The lowest BCUT2D eigenvalue weighted by Gasteiger charge is -2.25. The van der Waals surface area contributed by atoms with Crippen LogP contribution in [0.1, 0.15) is 25.7 Å². The molecule has 0 aromatic carbocycles. The van der Waals surface area contributed by atoms with Crippen molar-refractivity contribution < 1.29 is 14.3 Å². The molecule has 15 heavy (non-hydrogen) atoms. The molecule has 0 aromatic rings. The van der Waals surface area contributed by atoms with E-state index >= 15 is 0 Å². The first-order valence-electron chi connectivity index (χ1n) is 5.26. The van der Waals surface area contributed by atoms with Gasteiger partial charge in [0, 0.05) is 13.1 Å². The van der Waals surface area contributed by atoms with Crippen molar-refractivity contribution in [2.45, 2.75) is 25.7 Å². The molecular formula is C11H17NO3. The smallest absolute Gasteiger partial charge is 0.309 e. The molecule has 84 valence electrons. The molecule has 1 aliphatic rings. The Balaban J connectivity index is 2.30. The van der Waals surface area contributed by atoms with Gasteiger partial charge in [-0.15, -0.1) is 0 Å². The van der Waals surface area contributed by atoms with Crippen LogP contribution in [0.5, 0.6) is 0 Å². The molecule has 1 fully saturated rings. The highest BCUT2D eigenvalue weighted by Crippen LogP contribution is 2.08. The number of esters is 1. The lowest BCUT2D eigenvalue weighted by atomic mass is 10.1. The Bertz CT molecular complexity index is 255. The minimum absolute atomic E-state index is 0.00129. The van der Waals surface area contributed by atoms with Gasteiger partial charge in [0.15, 0.2) is 0 Å². The molecule has 0 saturated carbocycles. The van der Waals surface area contributed by atoms with E-state index in [-0.39, 0.29) is 18.3 Å². The third-order valence-corrected chi connectivity index (χ3v) is 2.44. The van der Waals surface area contributed by atoms with Crippen molar-refractivity contribution in [3.63, 3.8) is 0 Å². The predicted octanol–water partition coefficient (Wildman–Crippen LogP) is 1.12. The highest BCUT2D eigenvalue weighted by atomic mass is 16.5. The summed E-state index contributed by atoms with van der Waals surface area (Å²) in [5.41, 5.74) is 0. The van der Waals surface area contributed by atoms with Crippen LogP contribution in [-0.4, -0.2) is 37.0 Å². The quantitative estimate of drug-likeness (QED) is 0.519. The Morgan fingerprint density at radius 1 is 1.27 bits per heavy atom. The molecule has 1 heterocycles.